The highest BCUT2D eigenvalue weighted by Gasteiger charge is 2.38. The highest BCUT2D eigenvalue weighted by atomic mass is 16.5. The van der Waals surface area contributed by atoms with E-state index in [1.165, 1.54) is 12.8 Å². The molecule has 0 atom stereocenters. The molecule has 56 valence electrons. The first-order valence-corrected chi connectivity index (χ1v) is 3.79. The van der Waals surface area contributed by atoms with Crippen molar-refractivity contribution in [2.45, 2.75) is 31.2 Å². The monoisotopic (exact) mass is 140 g/mol. The molecular weight excluding hydrogens is 128 g/mol. The first-order chi connectivity index (χ1) is 4.81. The van der Waals surface area contributed by atoms with Gasteiger partial charge in [-0.25, -0.2) is 4.99 Å². The van der Waals surface area contributed by atoms with Crippen LogP contribution in [0.25, 0.3) is 0 Å². The van der Waals surface area contributed by atoms with E-state index in [1.54, 1.807) is 0 Å². The van der Waals surface area contributed by atoms with E-state index in [-0.39, 0.29) is 5.54 Å². The van der Waals surface area contributed by atoms with Gasteiger partial charge in [-0.15, -0.1) is 0 Å². The molecule has 2 aliphatic rings. The SMILES string of the molecule is NC1=NC2(CCCC2)CO1. The Kier molecular flexibility index (Phi) is 1.13. The third-order valence-corrected chi connectivity index (χ3v) is 2.37. The van der Waals surface area contributed by atoms with Crippen molar-refractivity contribution >= 4 is 6.02 Å². The van der Waals surface area contributed by atoms with Gasteiger partial charge in [0.25, 0.3) is 6.02 Å². The number of hydrogen-bond acceptors (Lipinski definition) is 3. The van der Waals surface area contributed by atoms with Crippen LogP contribution in [0.1, 0.15) is 25.7 Å². The molecule has 1 fully saturated rings. The van der Waals surface area contributed by atoms with Crippen molar-refractivity contribution in [2.24, 2.45) is 10.7 Å². The van der Waals surface area contributed by atoms with Gasteiger partial charge < -0.3 is 10.5 Å². The highest BCUT2D eigenvalue weighted by molar-refractivity contribution is 5.73. The molecule has 3 nitrogen and oxygen atoms in total. The van der Waals surface area contributed by atoms with E-state index in [2.05, 4.69) is 4.99 Å². The van der Waals surface area contributed by atoms with E-state index in [1.807, 2.05) is 0 Å². The zero-order valence-electron chi connectivity index (χ0n) is 5.97. The molecular formula is C7H12N2O. The first kappa shape index (κ1) is 6.01. The number of nitrogens with zero attached hydrogens (tertiary/aromatic N) is 1. The van der Waals surface area contributed by atoms with Crippen molar-refractivity contribution in [3.8, 4) is 0 Å². The number of hydrogen-bond donors (Lipinski definition) is 1. The molecule has 10 heavy (non-hydrogen) atoms. The van der Waals surface area contributed by atoms with Crippen molar-refractivity contribution in [2.75, 3.05) is 6.61 Å². The third kappa shape index (κ3) is 0.770. The molecule has 0 bridgehead atoms. The zero-order valence-corrected chi connectivity index (χ0v) is 5.97. The van der Waals surface area contributed by atoms with Crippen LogP contribution in [0, 0.1) is 0 Å². The molecule has 0 amide bonds. The summed E-state index contributed by atoms with van der Waals surface area (Å²) < 4.78 is 5.12. The Morgan fingerprint density at radius 2 is 2.10 bits per heavy atom. The standard InChI is InChI=1S/C7H12N2O/c8-6-9-7(5-10-6)3-1-2-4-7/h1-5H2,(H2,8,9). The van der Waals surface area contributed by atoms with Crippen LogP contribution in [-0.4, -0.2) is 18.2 Å². The summed E-state index contributed by atoms with van der Waals surface area (Å²) in [4.78, 5) is 4.29. The summed E-state index contributed by atoms with van der Waals surface area (Å²) in [5.74, 6) is 0. The molecule has 0 saturated heterocycles. The number of aliphatic imine (C=N–C) groups is 1. The number of rotatable bonds is 0. The van der Waals surface area contributed by atoms with E-state index >= 15 is 0 Å². The molecule has 1 aliphatic heterocycles. The summed E-state index contributed by atoms with van der Waals surface area (Å²) in [6.07, 6.45) is 4.88. The van der Waals surface area contributed by atoms with Crippen molar-refractivity contribution in [3.63, 3.8) is 0 Å². The molecule has 2 N–H and O–H groups in total. The van der Waals surface area contributed by atoms with E-state index in [4.69, 9.17) is 10.5 Å². The Bertz CT molecular complexity index is 170. The minimum atomic E-state index is 0.101. The molecule has 1 spiro atoms. The molecule has 1 aliphatic carbocycles. The summed E-state index contributed by atoms with van der Waals surface area (Å²) in [5.41, 5.74) is 5.52. The maximum Gasteiger partial charge on any atom is 0.282 e. The maximum absolute atomic E-state index is 5.42. The second-order valence-electron chi connectivity index (χ2n) is 3.17. The number of ether oxygens (including phenoxy) is 1. The maximum atomic E-state index is 5.42. The fourth-order valence-corrected chi connectivity index (χ4v) is 1.80. The van der Waals surface area contributed by atoms with Gasteiger partial charge in [-0.3, -0.25) is 0 Å². The smallest absolute Gasteiger partial charge is 0.282 e. The van der Waals surface area contributed by atoms with Crippen LogP contribution in [0.15, 0.2) is 4.99 Å². The van der Waals surface area contributed by atoms with Crippen molar-refractivity contribution in [1.82, 2.24) is 0 Å². The van der Waals surface area contributed by atoms with Gasteiger partial charge in [0.15, 0.2) is 0 Å². The lowest BCUT2D eigenvalue weighted by atomic mass is 10.0. The van der Waals surface area contributed by atoms with Gasteiger partial charge in [-0.05, 0) is 12.8 Å². The molecule has 0 aromatic heterocycles. The minimum Gasteiger partial charge on any atom is -0.463 e. The van der Waals surface area contributed by atoms with E-state index in [9.17, 15) is 0 Å². The molecule has 0 radical (unpaired) electrons. The molecule has 1 saturated carbocycles. The Morgan fingerprint density at radius 3 is 2.60 bits per heavy atom. The van der Waals surface area contributed by atoms with Crippen LogP contribution in [-0.2, 0) is 4.74 Å². The van der Waals surface area contributed by atoms with Crippen LogP contribution in [0.2, 0.25) is 0 Å². The van der Waals surface area contributed by atoms with E-state index < -0.39 is 0 Å². The molecule has 0 aromatic rings. The van der Waals surface area contributed by atoms with E-state index in [0.717, 1.165) is 19.4 Å². The van der Waals surface area contributed by atoms with Crippen LogP contribution in [0.4, 0.5) is 0 Å². The average Bonchev–Trinajstić information content (AvgIpc) is 2.46. The zero-order chi connectivity index (χ0) is 7.03. The fourth-order valence-electron chi connectivity index (χ4n) is 1.80. The van der Waals surface area contributed by atoms with Crippen LogP contribution in [0.3, 0.4) is 0 Å². The van der Waals surface area contributed by atoms with Gasteiger partial charge in [-0.1, -0.05) is 12.8 Å². The topological polar surface area (TPSA) is 47.6 Å². The summed E-state index contributed by atoms with van der Waals surface area (Å²) in [6, 6.07) is 0.391. The average molecular weight is 140 g/mol. The Hall–Kier alpha value is -0.730. The van der Waals surface area contributed by atoms with Crippen molar-refractivity contribution in [3.05, 3.63) is 0 Å². The lowest BCUT2D eigenvalue weighted by Gasteiger charge is -2.14. The van der Waals surface area contributed by atoms with Gasteiger partial charge in [0.2, 0.25) is 0 Å². The highest BCUT2D eigenvalue weighted by Crippen LogP contribution is 2.35. The second kappa shape index (κ2) is 1.87. The first-order valence-electron chi connectivity index (χ1n) is 3.79. The molecule has 0 aromatic carbocycles. The Labute approximate surface area is 60.3 Å². The van der Waals surface area contributed by atoms with Gasteiger partial charge in [0, 0.05) is 0 Å². The second-order valence-corrected chi connectivity index (χ2v) is 3.17. The lowest BCUT2D eigenvalue weighted by Crippen LogP contribution is -2.22. The predicted octanol–water partition coefficient (Wildman–Crippen LogP) is 0.644. The lowest BCUT2D eigenvalue weighted by molar-refractivity contribution is 0.255. The number of nitrogens with two attached hydrogens (primary N) is 1. The van der Waals surface area contributed by atoms with Gasteiger partial charge in [-0.2, -0.15) is 0 Å². The summed E-state index contributed by atoms with van der Waals surface area (Å²) in [6.45, 7) is 0.721. The minimum absolute atomic E-state index is 0.101. The summed E-state index contributed by atoms with van der Waals surface area (Å²) >= 11 is 0. The van der Waals surface area contributed by atoms with Gasteiger partial charge in [0.1, 0.15) is 12.1 Å². The normalized spacial score (nSPS) is 28.6. The molecule has 2 rings (SSSR count). The van der Waals surface area contributed by atoms with Crippen molar-refractivity contribution < 1.29 is 4.74 Å². The largest absolute Gasteiger partial charge is 0.463 e. The molecule has 3 heteroatoms. The third-order valence-electron chi connectivity index (χ3n) is 2.37. The quantitative estimate of drug-likeness (QED) is 0.537. The van der Waals surface area contributed by atoms with Crippen LogP contribution >= 0.6 is 0 Å². The number of amidine groups is 1. The molecule has 1 heterocycles. The summed E-state index contributed by atoms with van der Waals surface area (Å²) in [5, 5.41) is 0. The van der Waals surface area contributed by atoms with Gasteiger partial charge in [0.05, 0.1) is 0 Å². The fraction of sp³-hybridized carbons (Fsp3) is 0.857. The summed E-state index contributed by atoms with van der Waals surface area (Å²) in [7, 11) is 0. The van der Waals surface area contributed by atoms with Crippen molar-refractivity contribution in [1.29, 1.82) is 0 Å². The predicted molar refractivity (Wildman–Crippen MR) is 38.8 cm³/mol. The van der Waals surface area contributed by atoms with Gasteiger partial charge >= 0.3 is 0 Å². The molecule has 0 unspecified atom stereocenters. The Balaban J connectivity index is 2.16. The van der Waals surface area contributed by atoms with E-state index in [0.29, 0.717) is 6.02 Å². The van der Waals surface area contributed by atoms with Crippen LogP contribution in [0.5, 0.6) is 0 Å². The van der Waals surface area contributed by atoms with Crippen LogP contribution < -0.4 is 5.73 Å². The Morgan fingerprint density at radius 1 is 1.40 bits per heavy atom.